The molecule has 0 saturated carbocycles. The summed E-state index contributed by atoms with van der Waals surface area (Å²) < 4.78 is 5.25. The van der Waals surface area contributed by atoms with Gasteiger partial charge < -0.3 is 20.3 Å². The van der Waals surface area contributed by atoms with Crippen molar-refractivity contribution >= 4 is 17.9 Å². The molecule has 0 amide bonds. The number of hydrogen-bond acceptors (Lipinski definition) is 5. The molecule has 3 N–H and O–H groups in total. The number of rotatable bonds is 5. The number of carbonyl (C=O) groups is 3. The molecule has 7 heteroatoms. The fraction of sp³-hybridized carbons (Fsp3) is 0.786. The van der Waals surface area contributed by atoms with Crippen LogP contribution < -0.4 is 5.32 Å². The molecule has 1 unspecified atom stereocenters. The van der Waals surface area contributed by atoms with Crippen LogP contribution in [0.3, 0.4) is 0 Å². The van der Waals surface area contributed by atoms with Crippen LogP contribution in [0.2, 0.25) is 0 Å². The van der Waals surface area contributed by atoms with Crippen molar-refractivity contribution in [3.8, 4) is 0 Å². The maximum atomic E-state index is 12.3. The topological polar surface area (TPSA) is 113 Å². The standard InChI is InChI=1S/C14H23NO6/c1-14(2,3)21-13(20)9(8-4-6-15-7-5-8)10(11(16)17)12(18)19/h8-10,15H,4-7H2,1-3H3,(H,16,17)(H,18,19). The first kappa shape index (κ1) is 17.4. The van der Waals surface area contributed by atoms with E-state index in [0.29, 0.717) is 25.9 Å². The zero-order chi connectivity index (χ0) is 16.2. The highest BCUT2D eigenvalue weighted by Crippen LogP contribution is 2.31. The van der Waals surface area contributed by atoms with E-state index in [-0.39, 0.29) is 5.92 Å². The molecule has 1 aliphatic rings. The molecule has 1 atom stereocenters. The molecule has 1 aliphatic heterocycles. The minimum Gasteiger partial charge on any atom is -0.481 e. The number of carboxylic acid groups (broad SMARTS) is 2. The Morgan fingerprint density at radius 1 is 1.10 bits per heavy atom. The molecule has 120 valence electrons. The van der Waals surface area contributed by atoms with E-state index in [1.165, 1.54) is 0 Å². The summed E-state index contributed by atoms with van der Waals surface area (Å²) in [5.41, 5.74) is -0.788. The van der Waals surface area contributed by atoms with Gasteiger partial charge in [0, 0.05) is 0 Å². The number of carbonyl (C=O) groups excluding carboxylic acids is 1. The van der Waals surface area contributed by atoms with Crippen molar-refractivity contribution in [3.05, 3.63) is 0 Å². The van der Waals surface area contributed by atoms with Crippen LogP contribution in [0, 0.1) is 17.8 Å². The molecule has 0 aromatic rings. The molecular formula is C14H23NO6. The highest BCUT2D eigenvalue weighted by molar-refractivity contribution is 5.97. The molecule has 0 spiro atoms. The molecule has 1 saturated heterocycles. The second kappa shape index (κ2) is 6.89. The summed E-state index contributed by atoms with van der Waals surface area (Å²) in [7, 11) is 0. The normalized spacial score (nSPS) is 18.3. The van der Waals surface area contributed by atoms with Crippen molar-refractivity contribution < 1.29 is 29.3 Å². The zero-order valence-corrected chi connectivity index (χ0v) is 12.6. The SMILES string of the molecule is CC(C)(C)OC(=O)C(C1CCNCC1)C(C(=O)O)C(=O)O. The third-order valence-electron chi connectivity index (χ3n) is 3.46. The van der Waals surface area contributed by atoms with Crippen molar-refractivity contribution in [3.63, 3.8) is 0 Å². The summed E-state index contributed by atoms with van der Waals surface area (Å²) in [5, 5.41) is 21.5. The first-order chi connectivity index (χ1) is 9.63. The Hall–Kier alpha value is -1.63. The summed E-state index contributed by atoms with van der Waals surface area (Å²) in [6.07, 6.45) is 1.11. The van der Waals surface area contributed by atoms with Crippen LogP contribution in [-0.4, -0.2) is 46.8 Å². The molecule has 0 radical (unpaired) electrons. The van der Waals surface area contributed by atoms with Crippen molar-refractivity contribution in [1.29, 1.82) is 0 Å². The molecular weight excluding hydrogens is 278 g/mol. The van der Waals surface area contributed by atoms with Gasteiger partial charge in [0.05, 0.1) is 5.92 Å². The minimum absolute atomic E-state index is 0.307. The molecule has 0 aliphatic carbocycles. The number of aliphatic carboxylic acids is 2. The van der Waals surface area contributed by atoms with E-state index in [1.807, 2.05) is 0 Å². The van der Waals surface area contributed by atoms with E-state index in [1.54, 1.807) is 20.8 Å². The Kier molecular flexibility index (Phi) is 5.71. The van der Waals surface area contributed by atoms with Crippen LogP contribution in [0.1, 0.15) is 33.6 Å². The fourth-order valence-corrected chi connectivity index (χ4v) is 2.59. The van der Waals surface area contributed by atoms with Crippen LogP contribution >= 0.6 is 0 Å². The summed E-state index contributed by atoms with van der Waals surface area (Å²) in [4.78, 5) is 34.9. The molecule has 0 aromatic carbocycles. The number of ether oxygens (including phenoxy) is 1. The molecule has 1 heterocycles. The van der Waals surface area contributed by atoms with E-state index in [2.05, 4.69) is 5.32 Å². The average Bonchev–Trinajstić information content (AvgIpc) is 2.33. The van der Waals surface area contributed by atoms with Gasteiger partial charge in [-0.25, -0.2) is 0 Å². The third kappa shape index (κ3) is 5.00. The Morgan fingerprint density at radius 3 is 1.95 bits per heavy atom. The lowest BCUT2D eigenvalue weighted by atomic mass is 9.76. The Morgan fingerprint density at radius 2 is 1.57 bits per heavy atom. The Balaban J connectivity index is 3.05. The number of esters is 1. The van der Waals surface area contributed by atoms with Crippen LogP contribution in [0.5, 0.6) is 0 Å². The van der Waals surface area contributed by atoms with Gasteiger partial charge in [0.2, 0.25) is 0 Å². The van der Waals surface area contributed by atoms with Crippen LogP contribution in [0.25, 0.3) is 0 Å². The van der Waals surface area contributed by atoms with Gasteiger partial charge in [0.15, 0.2) is 5.92 Å². The Bertz CT molecular complexity index is 394. The van der Waals surface area contributed by atoms with Gasteiger partial charge in [0.1, 0.15) is 5.60 Å². The third-order valence-corrected chi connectivity index (χ3v) is 3.46. The van der Waals surface area contributed by atoms with E-state index < -0.39 is 35.3 Å². The van der Waals surface area contributed by atoms with Crippen LogP contribution in [0.15, 0.2) is 0 Å². The number of nitrogens with one attached hydrogen (secondary N) is 1. The molecule has 0 bridgehead atoms. The quantitative estimate of drug-likeness (QED) is 0.506. The van der Waals surface area contributed by atoms with Gasteiger partial charge in [-0.3, -0.25) is 14.4 Å². The van der Waals surface area contributed by atoms with Crippen molar-refractivity contribution in [2.75, 3.05) is 13.1 Å². The van der Waals surface area contributed by atoms with Crippen molar-refractivity contribution in [1.82, 2.24) is 5.32 Å². The van der Waals surface area contributed by atoms with E-state index >= 15 is 0 Å². The lowest BCUT2D eigenvalue weighted by molar-refractivity contribution is -0.175. The average molecular weight is 301 g/mol. The summed E-state index contributed by atoms with van der Waals surface area (Å²) >= 11 is 0. The first-order valence-electron chi connectivity index (χ1n) is 7.02. The summed E-state index contributed by atoms with van der Waals surface area (Å²) in [5.74, 6) is -7.00. The van der Waals surface area contributed by atoms with E-state index in [0.717, 1.165) is 0 Å². The number of hydrogen-bond donors (Lipinski definition) is 3. The minimum atomic E-state index is -1.78. The largest absolute Gasteiger partial charge is 0.481 e. The van der Waals surface area contributed by atoms with Crippen molar-refractivity contribution in [2.45, 2.75) is 39.2 Å². The van der Waals surface area contributed by atoms with E-state index in [4.69, 9.17) is 4.74 Å². The highest BCUT2D eigenvalue weighted by atomic mass is 16.6. The predicted octanol–water partition coefficient (Wildman–Crippen LogP) is 0.729. The van der Waals surface area contributed by atoms with E-state index in [9.17, 15) is 24.6 Å². The molecule has 1 rings (SSSR count). The molecule has 0 aromatic heterocycles. The lowest BCUT2D eigenvalue weighted by Crippen LogP contribution is -2.45. The summed E-state index contributed by atoms with van der Waals surface area (Å²) in [6.45, 7) is 6.27. The van der Waals surface area contributed by atoms with Gasteiger partial charge >= 0.3 is 17.9 Å². The highest BCUT2D eigenvalue weighted by Gasteiger charge is 2.46. The maximum Gasteiger partial charge on any atom is 0.318 e. The zero-order valence-electron chi connectivity index (χ0n) is 12.6. The number of carboxylic acids is 2. The smallest absolute Gasteiger partial charge is 0.318 e. The first-order valence-corrected chi connectivity index (χ1v) is 7.02. The molecule has 21 heavy (non-hydrogen) atoms. The van der Waals surface area contributed by atoms with Gasteiger partial charge in [-0.1, -0.05) is 0 Å². The molecule has 7 nitrogen and oxygen atoms in total. The van der Waals surface area contributed by atoms with Crippen molar-refractivity contribution in [2.24, 2.45) is 17.8 Å². The number of piperidine rings is 1. The predicted molar refractivity (Wildman–Crippen MR) is 73.7 cm³/mol. The second-order valence-electron chi connectivity index (χ2n) is 6.30. The van der Waals surface area contributed by atoms with Gasteiger partial charge in [-0.15, -0.1) is 0 Å². The lowest BCUT2D eigenvalue weighted by Gasteiger charge is -2.33. The molecule has 1 fully saturated rings. The van der Waals surface area contributed by atoms with Gasteiger partial charge in [-0.2, -0.15) is 0 Å². The summed E-state index contributed by atoms with van der Waals surface area (Å²) in [6, 6.07) is 0. The van der Waals surface area contributed by atoms with Crippen LogP contribution in [-0.2, 0) is 19.1 Å². The monoisotopic (exact) mass is 301 g/mol. The van der Waals surface area contributed by atoms with Crippen LogP contribution in [0.4, 0.5) is 0 Å². The maximum absolute atomic E-state index is 12.3. The Labute approximate surface area is 123 Å². The second-order valence-corrected chi connectivity index (χ2v) is 6.30. The van der Waals surface area contributed by atoms with Gasteiger partial charge in [-0.05, 0) is 52.6 Å². The van der Waals surface area contributed by atoms with Gasteiger partial charge in [0.25, 0.3) is 0 Å². The fourth-order valence-electron chi connectivity index (χ4n) is 2.59.